The Bertz CT molecular complexity index is 484. The lowest BCUT2D eigenvalue weighted by Crippen LogP contribution is -2.42. The van der Waals surface area contributed by atoms with Crippen molar-refractivity contribution in [3.8, 4) is 6.07 Å². The van der Waals surface area contributed by atoms with Crippen LogP contribution in [0.1, 0.15) is 50.2 Å². The van der Waals surface area contributed by atoms with Gasteiger partial charge in [0.2, 0.25) is 0 Å². The Hall–Kier alpha value is -1.60. The molecule has 0 unspecified atom stereocenters. The van der Waals surface area contributed by atoms with E-state index in [0.29, 0.717) is 12.1 Å². The molecule has 0 atom stereocenters. The van der Waals surface area contributed by atoms with E-state index in [1.54, 1.807) is 0 Å². The van der Waals surface area contributed by atoms with Crippen LogP contribution in [-0.2, 0) is 0 Å². The first kappa shape index (κ1) is 14.8. The Balaban J connectivity index is 2.29. The molecule has 1 aromatic heterocycles. The monoisotopic (exact) mass is 272 g/mol. The SMILES string of the molecule is CCCN(c1nccc(C)c1C#N)C1CCC(N)CC1. The molecule has 108 valence electrons. The van der Waals surface area contributed by atoms with Crippen LogP contribution >= 0.6 is 0 Å². The second kappa shape index (κ2) is 6.71. The summed E-state index contributed by atoms with van der Waals surface area (Å²) in [6.45, 7) is 5.10. The van der Waals surface area contributed by atoms with Gasteiger partial charge in [0.15, 0.2) is 0 Å². The van der Waals surface area contributed by atoms with Gasteiger partial charge in [-0.3, -0.25) is 0 Å². The van der Waals surface area contributed by atoms with Gasteiger partial charge >= 0.3 is 0 Å². The first-order chi connectivity index (χ1) is 9.67. The maximum atomic E-state index is 9.42. The molecule has 0 aliphatic heterocycles. The van der Waals surface area contributed by atoms with Gasteiger partial charge in [0, 0.05) is 24.8 Å². The van der Waals surface area contributed by atoms with E-state index in [2.05, 4.69) is 22.9 Å². The average molecular weight is 272 g/mol. The zero-order valence-electron chi connectivity index (χ0n) is 12.5. The zero-order valence-corrected chi connectivity index (χ0v) is 12.5. The lowest BCUT2D eigenvalue weighted by molar-refractivity contribution is 0.374. The largest absolute Gasteiger partial charge is 0.353 e. The van der Waals surface area contributed by atoms with Crippen LogP contribution in [0.4, 0.5) is 5.82 Å². The molecule has 2 N–H and O–H groups in total. The molecule has 0 saturated heterocycles. The van der Waals surface area contributed by atoms with Gasteiger partial charge in [-0.05, 0) is 50.7 Å². The first-order valence-corrected chi connectivity index (χ1v) is 7.55. The summed E-state index contributed by atoms with van der Waals surface area (Å²) in [5.41, 5.74) is 7.73. The summed E-state index contributed by atoms with van der Waals surface area (Å²) in [6, 6.07) is 5.04. The minimum absolute atomic E-state index is 0.343. The summed E-state index contributed by atoms with van der Waals surface area (Å²) < 4.78 is 0. The normalized spacial score (nSPS) is 22.3. The number of hydrogen-bond donors (Lipinski definition) is 1. The van der Waals surface area contributed by atoms with Gasteiger partial charge in [-0.2, -0.15) is 5.26 Å². The van der Waals surface area contributed by atoms with E-state index in [-0.39, 0.29) is 0 Å². The molecule has 4 nitrogen and oxygen atoms in total. The van der Waals surface area contributed by atoms with Crippen molar-refractivity contribution >= 4 is 5.82 Å². The van der Waals surface area contributed by atoms with Crippen LogP contribution in [0, 0.1) is 18.3 Å². The van der Waals surface area contributed by atoms with E-state index in [4.69, 9.17) is 5.73 Å². The number of pyridine rings is 1. The summed E-state index contributed by atoms with van der Waals surface area (Å²) in [5.74, 6) is 0.856. The molecule has 1 fully saturated rings. The topological polar surface area (TPSA) is 65.9 Å². The maximum Gasteiger partial charge on any atom is 0.146 e. The van der Waals surface area contributed by atoms with Crippen molar-refractivity contribution in [3.05, 3.63) is 23.4 Å². The Morgan fingerprint density at radius 1 is 1.40 bits per heavy atom. The Kier molecular flexibility index (Phi) is 4.97. The number of rotatable bonds is 4. The number of nitrogens with two attached hydrogens (primary N) is 1. The molecule has 2 rings (SSSR count). The first-order valence-electron chi connectivity index (χ1n) is 7.55. The standard InChI is InChI=1S/C16H24N4/c1-3-10-20(14-6-4-13(18)5-7-14)16-15(11-17)12(2)8-9-19-16/h8-9,13-14H,3-7,10,18H2,1-2H3. The zero-order chi connectivity index (χ0) is 14.5. The average Bonchev–Trinajstić information content (AvgIpc) is 2.46. The van der Waals surface area contributed by atoms with Crippen LogP contribution in [0.3, 0.4) is 0 Å². The highest BCUT2D eigenvalue weighted by Gasteiger charge is 2.26. The summed E-state index contributed by atoms with van der Waals surface area (Å²) in [7, 11) is 0. The van der Waals surface area contributed by atoms with E-state index in [1.807, 2.05) is 19.2 Å². The van der Waals surface area contributed by atoms with Crippen molar-refractivity contribution in [1.29, 1.82) is 5.26 Å². The number of aromatic nitrogens is 1. The molecule has 0 radical (unpaired) electrons. The molecule has 0 aromatic carbocycles. The van der Waals surface area contributed by atoms with Crippen molar-refractivity contribution in [2.24, 2.45) is 5.73 Å². The Morgan fingerprint density at radius 3 is 2.70 bits per heavy atom. The van der Waals surface area contributed by atoms with Crippen LogP contribution in [0.15, 0.2) is 12.3 Å². The summed E-state index contributed by atoms with van der Waals surface area (Å²) in [6.07, 6.45) is 7.20. The van der Waals surface area contributed by atoms with Crippen molar-refractivity contribution < 1.29 is 0 Å². The van der Waals surface area contributed by atoms with Crippen LogP contribution in [0.2, 0.25) is 0 Å². The number of aryl methyl sites for hydroxylation is 1. The molecule has 0 amide bonds. The maximum absolute atomic E-state index is 9.42. The Morgan fingerprint density at radius 2 is 2.10 bits per heavy atom. The number of nitriles is 1. The van der Waals surface area contributed by atoms with E-state index in [0.717, 1.165) is 55.6 Å². The smallest absolute Gasteiger partial charge is 0.146 e. The van der Waals surface area contributed by atoms with E-state index < -0.39 is 0 Å². The predicted molar refractivity (Wildman–Crippen MR) is 81.6 cm³/mol. The molecule has 4 heteroatoms. The van der Waals surface area contributed by atoms with Crippen LogP contribution in [0.5, 0.6) is 0 Å². The van der Waals surface area contributed by atoms with Crippen molar-refractivity contribution in [3.63, 3.8) is 0 Å². The highest BCUT2D eigenvalue weighted by molar-refractivity contribution is 5.57. The van der Waals surface area contributed by atoms with Gasteiger partial charge < -0.3 is 10.6 Å². The van der Waals surface area contributed by atoms with E-state index in [9.17, 15) is 5.26 Å². The summed E-state index contributed by atoms with van der Waals surface area (Å²) in [4.78, 5) is 6.83. The van der Waals surface area contributed by atoms with Crippen LogP contribution < -0.4 is 10.6 Å². The lowest BCUT2D eigenvalue weighted by atomic mass is 9.90. The van der Waals surface area contributed by atoms with Crippen molar-refractivity contribution in [2.45, 2.75) is 58.0 Å². The van der Waals surface area contributed by atoms with Gasteiger partial charge in [-0.1, -0.05) is 6.92 Å². The highest BCUT2D eigenvalue weighted by Crippen LogP contribution is 2.29. The molecule has 1 aromatic rings. The lowest BCUT2D eigenvalue weighted by Gasteiger charge is -2.37. The molecule has 1 aliphatic carbocycles. The Labute approximate surface area is 121 Å². The second-order valence-corrected chi connectivity index (χ2v) is 5.70. The van der Waals surface area contributed by atoms with Gasteiger partial charge in [-0.15, -0.1) is 0 Å². The number of hydrogen-bond acceptors (Lipinski definition) is 4. The fourth-order valence-corrected chi connectivity index (χ4v) is 3.02. The third kappa shape index (κ3) is 3.10. The minimum atomic E-state index is 0.343. The predicted octanol–water partition coefficient (Wildman–Crippen LogP) is 2.75. The highest BCUT2D eigenvalue weighted by atomic mass is 15.2. The molecule has 0 spiro atoms. The summed E-state index contributed by atoms with van der Waals surface area (Å²) >= 11 is 0. The third-order valence-electron chi connectivity index (χ3n) is 4.17. The van der Waals surface area contributed by atoms with E-state index in [1.165, 1.54) is 0 Å². The third-order valence-corrected chi connectivity index (χ3v) is 4.17. The van der Waals surface area contributed by atoms with Gasteiger partial charge in [0.05, 0.1) is 5.56 Å². The molecule has 0 bridgehead atoms. The number of nitrogens with zero attached hydrogens (tertiary/aromatic N) is 3. The van der Waals surface area contributed by atoms with Gasteiger partial charge in [0.25, 0.3) is 0 Å². The van der Waals surface area contributed by atoms with Gasteiger partial charge in [-0.25, -0.2) is 4.98 Å². The van der Waals surface area contributed by atoms with Crippen LogP contribution in [0.25, 0.3) is 0 Å². The second-order valence-electron chi connectivity index (χ2n) is 5.70. The molecule has 1 heterocycles. The molecule has 1 saturated carbocycles. The molecular weight excluding hydrogens is 248 g/mol. The van der Waals surface area contributed by atoms with E-state index >= 15 is 0 Å². The summed E-state index contributed by atoms with van der Waals surface area (Å²) in [5, 5.41) is 9.42. The number of anilines is 1. The fraction of sp³-hybridized carbons (Fsp3) is 0.625. The van der Waals surface area contributed by atoms with Crippen molar-refractivity contribution in [1.82, 2.24) is 4.98 Å². The van der Waals surface area contributed by atoms with Crippen LogP contribution in [-0.4, -0.2) is 23.6 Å². The molecule has 1 aliphatic rings. The van der Waals surface area contributed by atoms with Gasteiger partial charge in [0.1, 0.15) is 11.9 Å². The minimum Gasteiger partial charge on any atom is -0.353 e. The quantitative estimate of drug-likeness (QED) is 0.915. The molecular formula is C16H24N4. The molecule has 20 heavy (non-hydrogen) atoms. The fourth-order valence-electron chi connectivity index (χ4n) is 3.02. The van der Waals surface area contributed by atoms with Crippen molar-refractivity contribution in [2.75, 3.05) is 11.4 Å².